The number of hydrogen-bond donors (Lipinski definition) is 0. The van der Waals surface area contributed by atoms with E-state index in [4.69, 9.17) is 12.2 Å². The van der Waals surface area contributed by atoms with Crippen LogP contribution in [-0.2, 0) is 7.05 Å². The van der Waals surface area contributed by atoms with E-state index in [0.29, 0.717) is 12.0 Å². The molecule has 1 aromatic rings. The molecular weight excluding hydrogens is 294 g/mol. The molecule has 124 valence electrons. The van der Waals surface area contributed by atoms with Gasteiger partial charge < -0.3 is 4.90 Å². The average molecular weight is 324 g/mol. The number of thiocarbonyl (C=S) groups is 1. The van der Waals surface area contributed by atoms with Gasteiger partial charge in [0.15, 0.2) is 5.82 Å². The van der Waals surface area contributed by atoms with Crippen molar-refractivity contribution in [2.75, 3.05) is 6.54 Å². The van der Waals surface area contributed by atoms with Crippen LogP contribution in [0.5, 0.6) is 0 Å². The van der Waals surface area contributed by atoms with Crippen molar-refractivity contribution in [2.24, 2.45) is 7.05 Å². The maximum absolute atomic E-state index is 5.71. The molecule has 0 bridgehead atoms. The Kier molecular flexibility index (Phi) is 6.73. The van der Waals surface area contributed by atoms with Crippen molar-refractivity contribution in [2.45, 2.75) is 77.2 Å². The topological polar surface area (TPSA) is 46.8 Å². The standard InChI is InChI=1S/C16H29N5S/c1-4-6-11-21(15(22)8-5-2)14-10-7-9-13(12-14)16-17-18-19-20(16)3/h13-14H,4-12H2,1-3H3. The molecule has 1 aliphatic carbocycles. The van der Waals surface area contributed by atoms with Gasteiger partial charge >= 0.3 is 0 Å². The Morgan fingerprint density at radius 2 is 2.14 bits per heavy atom. The predicted octanol–water partition coefficient (Wildman–Crippen LogP) is 3.47. The summed E-state index contributed by atoms with van der Waals surface area (Å²) in [7, 11) is 1.94. The van der Waals surface area contributed by atoms with Gasteiger partial charge in [-0.2, -0.15) is 0 Å². The number of aryl methyl sites for hydroxylation is 1. The molecule has 0 spiro atoms. The molecule has 1 fully saturated rings. The van der Waals surface area contributed by atoms with Gasteiger partial charge in [-0.05, 0) is 49.0 Å². The van der Waals surface area contributed by atoms with Crippen LogP contribution >= 0.6 is 12.2 Å². The molecule has 1 aromatic heterocycles. The van der Waals surface area contributed by atoms with E-state index in [1.54, 1.807) is 0 Å². The quantitative estimate of drug-likeness (QED) is 0.719. The zero-order valence-electron chi connectivity index (χ0n) is 14.2. The lowest BCUT2D eigenvalue weighted by molar-refractivity contribution is 0.219. The summed E-state index contributed by atoms with van der Waals surface area (Å²) >= 11 is 5.71. The summed E-state index contributed by atoms with van der Waals surface area (Å²) in [4.78, 5) is 3.66. The highest BCUT2D eigenvalue weighted by atomic mass is 32.1. The highest BCUT2D eigenvalue weighted by Crippen LogP contribution is 2.34. The van der Waals surface area contributed by atoms with Gasteiger partial charge in [-0.1, -0.05) is 38.9 Å². The largest absolute Gasteiger partial charge is 0.363 e. The maximum atomic E-state index is 5.71. The summed E-state index contributed by atoms with van der Waals surface area (Å²) in [5.41, 5.74) is 0. The number of hydrogen-bond acceptors (Lipinski definition) is 4. The Morgan fingerprint density at radius 1 is 1.32 bits per heavy atom. The molecule has 1 aliphatic rings. The summed E-state index contributed by atoms with van der Waals surface area (Å²) in [6.07, 6.45) is 9.39. The molecule has 0 radical (unpaired) electrons. The van der Waals surface area contributed by atoms with Gasteiger partial charge in [0.05, 0.1) is 4.99 Å². The van der Waals surface area contributed by atoms with E-state index in [0.717, 1.165) is 36.6 Å². The molecule has 2 rings (SSSR count). The minimum absolute atomic E-state index is 0.465. The fourth-order valence-electron chi connectivity index (χ4n) is 3.46. The molecule has 22 heavy (non-hydrogen) atoms. The molecule has 5 nitrogen and oxygen atoms in total. The van der Waals surface area contributed by atoms with E-state index < -0.39 is 0 Å². The number of tetrazole rings is 1. The molecule has 0 amide bonds. The second-order valence-electron chi connectivity index (χ2n) is 6.37. The lowest BCUT2D eigenvalue weighted by Crippen LogP contribution is -2.42. The molecule has 0 N–H and O–H groups in total. The number of rotatable bonds is 7. The Bertz CT molecular complexity index is 473. The number of unbranched alkanes of at least 4 members (excludes halogenated alkanes) is 1. The van der Waals surface area contributed by atoms with Crippen LogP contribution in [0.4, 0.5) is 0 Å². The van der Waals surface area contributed by atoms with Crippen molar-refractivity contribution in [3.8, 4) is 0 Å². The highest BCUT2D eigenvalue weighted by molar-refractivity contribution is 7.80. The predicted molar refractivity (Wildman–Crippen MR) is 92.9 cm³/mol. The van der Waals surface area contributed by atoms with Gasteiger partial charge in [-0.15, -0.1) is 5.10 Å². The Morgan fingerprint density at radius 3 is 2.77 bits per heavy atom. The maximum Gasteiger partial charge on any atom is 0.154 e. The molecular formula is C16H29N5S. The van der Waals surface area contributed by atoms with Crippen LogP contribution in [0.2, 0.25) is 0 Å². The fraction of sp³-hybridized carbons (Fsp3) is 0.875. The third-order valence-electron chi connectivity index (χ3n) is 4.64. The first-order valence-corrected chi connectivity index (χ1v) is 9.09. The van der Waals surface area contributed by atoms with Gasteiger partial charge in [-0.3, -0.25) is 0 Å². The van der Waals surface area contributed by atoms with Crippen molar-refractivity contribution in [3.63, 3.8) is 0 Å². The second kappa shape index (κ2) is 8.56. The van der Waals surface area contributed by atoms with Gasteiger partial charge in [-0.25, -0.2) is 4.68 Å². The summed E-state index contributed by atoms with van der Waals surface area (Å²) in [6, 6.07) is 0.557. The first kappa shape index (κ1) is 17.3. The third-order valence-corrected chi connectivity index (χ3v) is 5.08. The zero-order valence-corrected chi connectivity index (χ0v) is 15.0. The molecule has 2 unspecified atom stereocenters. The summed E-state index contributed by atoms with van der Waals surface area (Å²) in [5.74, 6) is 1.49. The summed E-state index contributed by atoms with van der Waals surface area (Å²) in [6.45, 7) is 5.55. The van der Waals surface area contributed by atoms with Crippen molar-refractivity contribution in [1.82, 2.24) is 25.1 Å². The normalized spacial score (nSPS) is 21.8. The van der Waals surface area contributed by atoms with E-state index in [1.807, 2.05) is 11.7 Å². The van der Waals surface area contributed by atoms with Crippen LogP contribution in [0.3, 0.4) is 0 Å². The Hall–Kier alpha value is -1.04. The van der Waals surface area contributed by atoms with Crippen molar-refractivity contribution in [3.05, 3.63) is 5.82 Å². The molecule has 0 saturated heterocycles. The molecule has 2 atom stereocenters. The van der Waals surface area contributed by atoms with Crippen LogP contribution in [-0.4, -0.2) is 42.7 Å². The first-order chi connectivity index (χ1) is 10.7. The average Bonchev–Trinajstić information content (AvgIpc) is 2.94. The third kappa shape index (κ3) is 4.24. The van der Waals surface area contributed by atoms with E-state index in [-0.39, 0.29) is 0 Å². The van der Waals surface area contributed by atoms with Crippen LogP contribution in [0.1, 0.15) is 77.0 Å². The van der Waals surface area contributed by atoms with Gasteiger partial charge in [0, 0.05) is 25.6 Å². The van der Waals surface area contributed by atoms with Gasteiger partial charge in [0.2, 0.25) is 0 Å². The van der Waals surface area contributed by atoms with Crippen LogP contribution < -0.4 is 0 Å². The Balaban J connectivity index is 2.06. The number of aromatic nitrogens is 4. The van der Waals surface area contributed by atoms with Gasteiger partial charge in [0.1, 0.15) is 0 Å². The zero-order chi connectivity index (χ0) is 15.9. The molecule has 0 aliphatic heterocycles. The summed E-state index contributed by atoms with van der Waals surface area (Å²) in [5, 5.41) is 12.0. The van der Waals surface area contributed by atoms with Crippen molar-refractivity contribution in [1.29, 1.82) is 0 Å². The minimum Gasteiger partial charge on any atom is -0.363 e. The van der Waals surface area contributed by atoms with Crippen molar-refractivity contribution >= 4 is 17.2 Å². The Labute approximate surface area is 139 Å². The monoisotopic (exact) mass is 323 g/mol. The molecule has 1 heterocycles. The minimum atomic E-state index is 0.465. The molecule has 1 saturated carbocycles. The summed E-state index contributed by atoms with van der Waals surface area (Å²) < 4.78 is 1.83. The SMILES string of the molecule is CCCCN(C(=S)CCC)C1CCCC(c2nnnn2C)C1. The van der Waals surface area contributed by atoms with Crippen LogP contribution in [0.25, 0.3) is 0 Å². The van der Waals surface area contributed by atoms with Crippen LogP contribution in [0.15, 0.2) is 0 Å². The van der Waals surface area contributed by atoms with E-state index in [2.05, 4.69) is 34.3 Å². The lowest BCUT2D eigenvalue weighted by atomic mass is 9.84. The molecule has 6 heteroatoms. The lowest BCUT2D eigenvalue weighted by Gasteiger charge is -2.39. The van der Waals surface area contributed by atoms with Crippen molar-refractivity contribution < 1.29 is 0 Å². The van der Waals surface area contributed by atoms with E-state index in [9.17, 15) is 0 Å². The molecule has 0 aromatic carbocycles. The van der Waals surface area contributed by atoms with Crippen LogP contribution in [0, 0.1) is 0 Å². The van der Waals surface area contributed by atoms with E-state index >= 15 is 0 Å². The second-order valence-corrected chi connectivity index (χ2v) is 6.84. The van der Waals surface area contributed by atoms with E-state index in [1.165, 1.54) is 32.1 Å². The van der Waals surface area contributed by atoms with Gasteiger partial charge in [0.25, 0.3) is 0 Å². The fourth-order valence-corrected chi connectivity index (χ4v) is 3.91. The number of nitrogens with zero attached hydrogens (tertiary/aromatic N) is 5. The smallest absolute Gasteiger partial charge is 0.154 e. The first-order valence-electron chi connectivity index (χ1n) is 8.69. The highest BCUT2D eigenvalue weighted by Gasteiger charge is 2.30.